The lowest BCUT2D eigenvalue weighted by Gasteiger charge is -2.44. The van der Waals surface area contributed by atoms with Crippen LogP contribution in [-0.2, 0) is 9.53 Å². The number of carbonyl (C=O) groups is 1. The first-order chi connectivity index (χ1) is 21.7. The molecule has 0 aromatic heterocycles. The minimum atomic E-state index is -1.10. The molecule has 5 nitrogen and oxygen atoms in total. The highest BCUT2D eigenvalue weighted by Gasteiger charge is 2.46. The van der Waals surface area contributed by atoms with Crippen LogP contribution in [0.4, 0.5) is 0 Å². The lowest BCUT2D eigenvalue weighted by Crippen LogP contribution is -2.46. The molecule has 1 fully saturated rings. The van der Waals surface area contributed by atoms with E-state index in [0.29, 0.717) is 19.3 Å². The average Bonchev–Trinajstić information content (AvgIpc) is 2.92. The fourth-order valence-corrected chi connectivity index (χ4v) is 6.50. The molecule has 2 rings (SSSR count). The molecular weight excluding hydrogens is 584 g/mol. The Morgan fingerprint density at radius 1 is 0.745 bits per heavy atom. The van der Waals surface area contributed by atoms with E-state index in [9.17, 15) is 20.1 Å². The molecule has 0 amide bonds. The number of esters is 1. The van der Waals surface area contributed by atoms with Crippen LogP contribution in [0.25, 0.3) is 0 Å². The van der Waals surface area contributed by atoms with Crippen LogP contribution >= 0.6 is 0 Å². The highest BCUT2D eigenvalue weighted by Crippen LogP contribution is 2.46. The lowest BCUT2D eigenvalue weighted by molar-refractivity contribution is -0.152. The first-order valence-corrected chi connectivity index (χ1v) is 16.6. The van der Waals surface area contributed by atoms with E-state index in [1.54, 1.807) is 6.92 Å². The topological polar surface area (TPSA) is 87.0 Å². The van der Waals surface area contributed by atoms with Gasteiger partial charge in [0.25, 0.3) is 0 Å². The summed E-state index contributed by atoms with van der Waals surface area (Å²) in [6, 6.07) is 0. The zero-order valence-electron chi connectivity index (χ0n) is 30.5. The molecule has 47 heavy (non-hydrogen) atoms. The maximum absolute atomic E-state index is 11.4. The van der Waals surface area contributed by atoms with Crippen molar-refractivity contribution in [2.75, 3.05) is 0 Å². The second-order valence-electron chi connectivity index (χ2n) is 14.7. The van der Waals surface area contributed by atoms with Gasteiger partial charge in [-0.25, -0.2) is 0 Å². The Morgan fingerprint density at radius 2 is 1.26 bits per heavy atom. The molecule has 256 valence electrons. The first kappa shape index (κ1) is 39.7. The SMILES string of the molecule is CC(=O)OC1CC(C)(C)C(=C=CC(C)=CC=CC(C)=CC=CC=C(C)C=CC=C(C)C=CC2=C(C)C(O)C(O)CC2(C)C)C(C)(O)C1. The summed E-state index contributed by atoms with van der Waals surface area (Å²) in [5.41, 5.74) is 8.81. The third kappa shape index (κ3) is 12.6. The standard InChI is InChI=1S/C42H58O5/c1-29(18-14-20-31(3)22-24-36-33(5)39(45)37(44)28-40(36,7)8)16-12-13-17-30(2)19-15-21-32(4)23-25-38-41(9,10)26-35(47-34(6)43)27-42(38,11)46/h12-24,35,37,39,44-46H,26-28H2,1-11H3. The van der Waals surface area contributed by atoms with Crippen molar-refractivity contribution in [3.05, 3.63) is 124 Å². The second kappa shape index (κ2) is 17.1. The Morgan fingerprint density at radius 3 is 1.79 bits per heavy atom. The molecule has 0 aliphatic heterocycles. The molecule has 1 saturated carbocycles. The van der Waals surface area contributed by atoms with E-state index < -0.39 is 17.8 Å². The highest BCUT2D eigenvalue weighted by molar-refractivity contribution is 5.66. The smallest absolute Gasteiger partial charge is 0.302 e. The van der Waals surface area contributed by atoms with Gasteiger partial charge < -0.3 is 20.1 Å². The Labute approximate surface area is 284 Å². The number of aliphatic hydroxyl groups is 3. The minimum absolute atomic E-state index is 0.189. The van der Waals surface area contributed by atoms with Crippen molar-refractivity contribution in [3.8, 4) is 0 Å². The van der Waals surface area contributed by atoms with Gasteiger partial charge in [-0.1, -0.05) is 117 Å². The van der Waals surface area contributed by atoms with Crippen molar-refractivity contribution >= 4 is 5.97 Å². The van der Waals surface area contributed by atoms with Crippen LogP contribution in [0.3, 0.4) is 0 Å². The molecule has 0 spiro atoms. The van der Waals surface area contributed by atoms with Crippen molar-refractivity contribution in [3.63, 3.8) is 0 Å². The third-order valence-electron chi connectivity index (χ3n) is 8.82. The zero-order valence-corrected chi connectivity index (χ0v) is 30.5. The van der Waals surface area contributed by atoms with Crippen LogP contribution in [0.15, 0.2) is 124 Å². The van der Waals surface area contributed by atoms with E-state index in [1.807, 2.05) is 63.3 Å². The fourth-order valence-electron chi connectivity index (χ4n) is 6.50. The largest absolute Gasteiger partial charge is 0.462 e. The predicted octanol–water partition coefficient (Wildman–Crippen LogP) is 9.05. The summed E-state index contributed by atoms with van der Waals surface area (Å²) in [5.74, 6) is -0.322. The molecule has 5 heteroatoms. The Kier molecular flexibility index (Phi) is 14.4. The van der Waals surface area contributed by atoms with Crippen LogP contribution in [0.1, 0.15) is 95.4 Å². The zero-order chi connectivity index (χ0) is 35.6. The van der Waals surface area contributed by atoms with Crippen LogP contribution < -0.4 is 0 Å². The highest BCUT2D eigenvalue weighted by atomic mass is 16.5. The quantitative estimate of drug-likeness (QED) is 0.126. The summed E-state index contributed by atoms with van der Waals surface area (Å²) >= 11 is 0. The van der Waals surface area contributed by atoms with Gasteiger partial charge >= 0.3 is 5.97 Å². The molecule has 0 saturated heterocycles. The molecule has 0 heterocycles. The maximum atomic E-state index is 11.4. The van der Waals surface area contributed by atoms with E-state index in [0.717, 1.165) is 39.0 Å². The number of ether oxygens (including phenoxy) is 1. The van der Waals surface area contributed by atoms with Gasteiger partial charge in [0.15, 0.2) is 0 Å². The van der Waals surface area contributed by atoms with E-state index in [4.69, 9.17) is 4.74 Å². The van der Waals surface area contributed by atoms with Gasteiger partial charge in [0.2, 0.25) is 0 Å². The number of allylic oxidation sites excluding steroid dienone is 17. The normalized spacial score (nSPS) is 27.8. The summed E-state index contributed by atoms with van der Waals surface area (Å²) in [6.45, 7) is 21.5. The number of aliphatic hydroxyl groups excluding tert-OH is 2. The first-order valence-electron chi connectivity index (χ1n) is 16.6. The summed E-state index contributed by atoms with van der Waals surface area (Å²) in [7, 11) is 0. The number of hydrogen-bond acceptors (Lipinski definition) is 5. The van der Waals surface area contributed by atoms with E-state index in [1.165, 1.54) is 6.92 Å². The van der Waals surface area contributed by atoms with Crippen LogP contribution in [0.5, 0.6) is 0 Å². The maximum Gasteiger partial charge on any atom is 0.302 e. The van der Waals surface area contributed by atoms with Gasteiger partial charge in [0, 0.05) is 18.9 Å². The number of carbonyl (C=O) groups excluding carboxylic acids is 1. The van der Waals surface area contributed by atoms with E-state index >= 15 is 0 Å². The summed E-state index contributed by atoms with van der Waals surface area (Å²) in [5, 5.41) is 31.6. The molecular formula is C42H58O5. The van der Waals surface area contributed by atoms with Crippen molar-refractivity contribution in [1.82, 2.24) is 0 Å². The molecule has 2 aliphatic rings. The van der Waals surface area contributed by atoms with Crippen molar-refractivity contribution in [2.45, 2.75) is 119 Å². The van der Waals surface area contributed by atoms with Crippen molar-refractivity contribution in [2.24, 2.45) is 10.8 Å². The van der Waals surface area contributed by atoms with E-state index in [2.05, 4.69) is 83.7 Å². The minimum Gasteiger partial charge on any atom is -0.462 e. The molecule has 0 radical (unpaired) electrons. The van der Waals surface area contributed by atoms with Crippen molar-refractivity contribution in [1.29, 1.82) is 0 Å². The van der Waals surface area contributed by atoms with Crippen LogP contribution in [0.2, 0.25) is 0 Å². The average molecular weight is 643 g/mol. The molecule has 4 atom stereocenters. The summed E-state index contributed by atoms with van der Waals surface area (Å²) < 4.78 is 5.41. The van der Waals surface area contributed by atoms with Crippen LogP contribution in [-0.4, -0.2) is 45.2 Å². The second-order valence-corrected chi connectivity index (χ2v) is 14.7. The number of hydrogen-bond donors (Lipinski definition) is 3. The van der Waals surface area contributed by atoms with Gasteiger partial charge in [-0.15, -0.1) is 5.73 Å². The van der Waals surface area contributed by atoms with E-state index in [-0.39, 0.29) is 22.9 Å². The van der Waals surface area contributed by atoms with Gasteiger partial charge in [-0.2, -0.15) is 0 Å². The van der Waals surface area contributed by atoms with Gasteiger partial charge in [-0.05, 0) is 88.0 Å². The van der Waals surface area contributed by atoms with Gasteiger partial charge in [0.05, 0.1) is 11.7 Å². The molecule has 0 aromatic rings. The molecule has 3 N–H and O–H groups in total. The molecule has 2 aliphatic carbocycles. The predicted molar refractivity (Wildman–Crippen MR) is 195 cm³/mol. The molecule has 0 bridgehead atoms. The monoisotopic (exact) mass is 642 g/mol. The third-order valence-corrected chi connectivity index (χ3v) is 8.82. The van der Waals surface area contributed by atoms with Crippen LogP contribution in [0, 0.1) is 10.8 Å². The van der Waals surface area contributed by atoms with Gasteiger partial charge in [0.1, 0.15) is 12.2 Å². The van der Waals surface area contributed by atoms with Gasteiger partial charge in [-0.3, -0.25) is 4.79 Å². The number of rotatable bonds is 10. The molecule has 4 unspecified atom stereocenters. The molecule has 0 aromatic carbocycles. The summed E-state index contributed by atoms with van der Waals surface area (Å²) in [4.78, 5) is 11.4. The summed E-state index contributed by atoms with van der Waals surface area (Å²) in [6.07, 6.45) is 26.1. The fraction of sp³-hybridized carbons (Fsp3) is 0.476. The Balaban J connectivity index is 1.98. The van der Waals surface area contributed by atoms with Crippen molar-refractivity contribution < 1.29 is 24.9 Å². The lowest BCUT2D eigenvalue weighted by atomic mass is 9.65. The Hall–Kier alpha value is -3.47. The Bertz CT molecular complexity index is 1470.